The number of carbonyl (C=O) groups excluding carboxylic acids is 1. The van der Waals surface area contributed by atoms with E-state index in [-0.39, 0.29) is 0 Å². The Hall–Kier alpha value is -3.68. The number of aryl methyl sites for hydroxylation is 2. The lowest BCUT2D eigenvalue weighted by Gasteiger charge is -2.20. The number of aromatic nitrogens is 5. The van der Waals surface area contributed by atoms with Gasteiger partial charge in [-0.3, -0.25) is 4.68 Å². The van der Waals surface area contributed by atoms with Crippen LogP contribution in [0.2, 0.25) is 0 Å². The molecule has 0 atom stereocenters. The lowest BCUT2D eigenvalue weighted by atomic mass is 10.0. The summed E-state index contributed by atoms with van der Waals surface area (Å²) in [5.41, 5.74) is 6.37. The minimum absolute atomic E-state index is 0.399. The van der Waals surface area contributed by atoms with Crippen molar-refractivity contribution in [3.05, 3.63) is 60.3 Å². The van der Waals surface area contributed by atoms with Gasteiger partial charge in [-0.15, -0.1) is 0 Å². The number of nitrogens with zero attached hydrogens (tertiary/aromatic N) is 5. The van der Waals surface area contributed by atoms with E-state index in [2.05, 4.69) is 32.6 Å². The molecule has 0 aliphatic rings. The van der Waals surface area contributed by atoms with Gasteiger partial charge in [0.15, 0.2) is 0 Å². The first-order chi connectivity index (χ1) is 14.7. The van der Waals surface area contributed by atoms with Crippen LogP contribution in [-0.2, 0) is 18.3 Å². The molecule has 4 aromatic rings. The fourth-order valence-electron chi connectivity index (χ4n) is 3.40. The third-order valence-electron chi connectivity index (χ3n) is 4.88. The molecule has 31 heavy (non-hydrogen) atoms. The molecule has 0 saturated carbocycles. The first-order valence-corrected chi connectivity index (χ1v) is 10.1. The zero-order valence-electron chi connectivity index (χ0n) is 18.4. The Balaban J connectivity index is 1.59. The zero-order chi connectivity index (χ0) is 22.2. The number of alkyl carbamates (subject to hydrolysis) is 1. The predicted octanol–water partition coefficient (Wildman–Crippen LogP) is 4.13. The summed E-state index contributed by atoms with van der Waals surface area (Å²) in [4.78, 5) is 16.5. The van der Waals surface area contributed by atoms with Crippen LogP contribution in [0.5, 0.6) is 0 Å². The van der Waals surface area contributed by atoms with Crippen molar-refractivity contribution in [2.75, 3.05) is 0 Å². The molecule has 8 nitrogen and oxygen atoms in total. The van der Waals surface area contributed by atoms with Crippen molar-refractivity contribution in [2.24, 2.45) is 7.05 Å². The maximum Gasteiger partial charge on any atom is 0.407 e. The molecule has 3 aromatic heterocycles. The Morgan fingerprint density at radius 2 is 1.90 bits per heavy atom. The minimum Gasteiger partial charge on any atom is -0.444 e. The van der Waals surface area contributed by atoms with Crippen LogP contribution >= 0.6 is 0 Å². The summed E-state index contributed by atoms with van der Waals surface area (Å²) in [7, 11) is 1.90. The topological polar surface area (TPSA) is 86.3 Å². The predicted molar refractivity (Wildman–Crippen MR) is 118 cm³/mol. The summed E-state index contributed by atoms with van der Waals surface area (Å²) >= 11 is 0. The quantitative estimate of drug-likeness (QED) is 0.539. The van der Waals surface area contributed by atoms with Crippen molar-refractivity contribution in [1.29, 1.82) is 0 Å². The lowest BCUT2D eigenvalue weighted by molar-refractivity contribution is 0.0523. The third-order valence-corrected chi connectivity index (χ3v) is 4.88. The Kier molecular flexibility index (Phi) is 5.22. The standard InChI is InChI=1S/C23H26N6O2/c1-15-8-16(6-7-17(15)10-24-22(30)31-23(2,3)4)21-20-9-18(13-29(20)27-14-25-21)19-11-26-28(5)12-19/h6-9,11-14H,10H2,1-5H3,(H,24,30). The summed E-state index contributed by atoms with van der Waals surface area (Å²) in [6.45, 7) is 7.95. The molecule has 160 valence electrons. The van der Waals surface area contributed by atoms with E-state index in [0.717, 1.165) is 39.0 Å². The number of amides is 1. The van der Waals surface area contributed by atoms with Crippen molar-refractivity contribution in [3.63, 3.8) is 0 Å². The van der Waals surface area contributed by atoms with E-state index in [1.807, 2.05) is 70.0 Å². The van der Waals surface area contributed by atoms with Crippen molar-refractivity contribution < 1.29 is 9.53 Å². The molecule has 8 heteroatoms. The molecule has 4 rings (SSSR count). The van der Waals surface area contributed by atoms with E-state index < -0.39 is 11.7 Å². The smallest absolute Gasteiger partial charge is 0.407 e. The van der Waals surface area contributed by atoms with E-state index in [1.54, 1.807) is 11.0 Å². The molecule has 0 radical (unpaired) electrons. The van der Waals surface area contributed by atoms with Crippen molar-refractivity contribution in [2.45, 2.75) is 39.8 Å². The van der Waals surface area contributed by atoms with E-state index in [9.17, 15) is 4.79 Å². The summed E-state index contributed by atoms with van der Waals surface area (Å²) in [5.74, 6) is 0. The van der Waals surface area contributed by atoms with Gasteiger partial charge >= 0.3 is 6.09 Å². The summed E-state index contributed by atoms with van der Waals surface area (Å²) in [5, 5.41) is 11.4. The van der Waals surface area contributed by atoms with Crippen LogP contribution in [0.15, 0.2) is 49.2 Å². The molecular formula is C23H26N6O2. The van der Waals surface area contributed by atoms with E-state index in [4.69, 9.17) is 4.74 Å². The second kappa shape index (κ2) is 7.86. The fourth-order valence-corrected chi connectivity index (χ4v) is 3.40. The molecule has 0 aliphatic carbocycles. The SMILES string of the molecule is Cc1cc(-c2ncnn3cc(-c4cnn(C)c4)cc23)ccc1CNC(=O)OC(C)(C)C. The summed E-state index contributed by atoms with van der Waals surface area (Å²) in [6, 6.07) is 8.16. The number of ether oxygens (including phenoxy) is 1. The van der Waals surface area contributed by atoms with Gasteiger partial charge in [0.25, 0.3) is 0 Å². The summed E-state index contributed by atoms with van der Waals surface area (Å²) in [6.07, 6.45) is 6.91. The number of fused-ring (bicyclic) bond motifs is 1. The van der Waals surface area contributed by atoms with Gasteiger partial charge in [-0.1, -0.05) is 12.1 Å². The third kappa shape index (κ3) is 4.58. The minimum atomic E-state index is -0.521. The molecule has 0 fully saturated rings. The van der Waals surface area contributed by atoms with Gasteiger partial charge in [0.05, 0.1) is 17.4 Å². The monoisotopic (exact) mass is 418 g/mol. The average Bonchev–Trinajstić information content (AvgIpc) is 3.31. The first-order valence-electron chi connectivity index (χ1n) is 10.1. The van der Waals surface area contributed by atoms with Crippen molar-refractivity contribution >= 4 is 11.6 Å². The summed E-state index contributed by atoms with van der Waals surface area (Å²) < 4.78 is 8.91. The molecular weight excluding hydrogens is 392 g/mol. The molecule has 3 heterocycles. The van der Waals surface area contributed by atoms with Gasteiger partial charge < -0.3 is 10.1 Å². The van der Waals surface area contributed by atoms with E-state index in [0.29, 0.717) is 6.54 Å². The van der Waals surface area contributed by atoms with E-state index >= 15 is 0 Å². The Morgan fingerprint density at radius 1 is 1.10 bits per heavy atom. The van der Waals surface area contributed by atoms with Gasteiger partial charge in [-0.2, -0.15) is 10.2 Å². The van der Waals surface area contributed by atoms with Crippen LogP contribution < -0.4 is 5.32 Å². The molecule has 1 aromatic carbocycles. The van der Waals surface area contributed by atoms with Crippen LogP contribution in [0, 0.1) is 6.92 Å². The molecule has 1 N–H and O–H groups in total. The number of benzene rings is 1. The Bertz CT molecular complexity index is 1250. The molecule has 0 bridgehead atoms. The highest BCUT2D eigenvalue weighted by molar-refractivity contribution is 5.81. The van der Waals surface area contributed by atoms with Gasteiger partial charge in [-0.25, -0.2) is 14.3 Å². The second-order valence-corrected chi connectivity index (χ2v) is 8.57. The molecule has 0 spiro atoms. The molecule has 0 saturated heterocycles. The maximum atomic E-state index is 11.9. The number of rotatable bonds is 4. The normalized spacial score (nSPS) is 11.6. The average molecular weight is 419 g/mol. The van der Waals surface area contributed by atoms with E-state index in [1.165, 1.54) is 0 Å². The molecule has 1 amide bonds. The Labute approximate surface area is 180 Å². The Morgan fingerprint density at radius 3 is 2.58 bits per heavy atom. The zero-order valence-corrected chi connectivity index (χ0v) is 18.4. The van der Waals surface area contributed by atoms with Gasteiger partial charge in [-0.05, 0) is 51.0 Å². The highest BCUT2D eigenvalue weighted by atomic mass is 16.6. The van der Waals surface area contributed by atoms with Crippen molar-refractivity contribution in [3.8, 4) is 22.4 Å². The lowest BCUT2D eigenvalue weighted by Crippen LogP contribution is -2.32. The largest absolute Gasteiger partial charge is 0.444 e. The van der Waals surface area contributed by atoms with Crippen LogP contribution in [0.1, 0.15) is 31.9 Å². The number of hydrogen-bond donors (Lipinski definition) is 1. The number of nitrogens with one attached hydrogen (secondary N) is 1. The molecule has 0 unspecified atom stereocenters. The van der Waals surface area contributed by atoms with Crippen LogP contribution in [0.25, 0.3) is 27.9 Å². The van der Waals surface area contributed by atoms with Crippen LogP contribution in [0.3, 0.4) is 0 Å². The first kappa shape index (κ1) is 20.6. The highest BCUT2D eigenvalue weighted by Gasteiger charge is 2.16. The number of carbonyl (C=O) groups is 1. The fraction of sp³-hybridized carbons (Fsp3) is 0.304. The van der Waals surface area contributed by atoms with Crippen molar-refractivity contribution in [1.82, 2.24) is 29.7 Å². The number of hydrogen-bond acceptors (Lipinski definition) is 5. The van der Waals surface area contributed by atoms with Gasteiger partial charge in [0.2, 0.25) is 0 Å². The van der Waals surface area contributed by atoms with Gasteiger partial charge in [0.1, 0.15) is 11.9 Å². The second-order valence-electron chi connectivity index (χ2n) is 8.57. The van der Waals surface area contributed by atoms with Crippen LogP contribution in [0.4, 0.5) is 4.79 Å². The highest BCUT2D eigenvalue weighted by Crippen LogP contribution is 2.28. The van der Waals surface area contributed by atoms with Gasteiger partial charge in [0, 0.05) is 42.7 Å². The maximum absolute atomic E-state index is 11.9. The van der Waals surface area contributed by atoms with Crippen LogP contribution in [-0.4, -0.2) is 36.1 Å². The molecule has 0 aliphatic heterocycles.